The zero-order valence-corrected chi connectivity index (χ0v) is 12.9. The Labute approximate surface area is 135 Å². The van der Waals surface area contributed by atoms with Gasteiger partial charge in [-0.05, 0) is 19.1 Å². The van der Waals surface area contributed by atoms with Crippen molar-refractivity contribution in [2.45, 2.75) is 23.0 Å². The van der Waals surface area contributed by atoms with Gasteiger partial charge in [-0.3, -0.25) is 5.10 Å². The molecule has 0 saturated heterocycles. The lowest BCUT2D eigenvalue weighted by molar-refractivity contribution is -0.137. The van der Waals surface area contributed by atoms with Crippen molar-refractivity contribution >= 4 is 11.8 Å². The number of aromatic nitrogens is 3. The molecule has 0 fully saturated rings. The van der Waals surface area contributed by atoms with Gasteiger partial charge in [0.05, 0.1) is 10.5 Å². The molecule has 3 rings (SSSR count). The molecule has 0 radical (unpaired) electrons. The first-order chi connectivity index (χ1) is 10.9. The molecule has 7 heteroatoms. The van der Waals surface area contributed by atoms with E-state index in [1.807, 2.05) is 31.2 Å². The third kappa shape index (κ3) is 3.56. The van der Waals surface area contributed by atoms with Crippen molar-refractivity contribution in [2.75, 3.05) is 0 Å². The summed E-state index contributed by atoms with van der Waals surface area (Å²) < 4.78 is 37.7. The molecule has 0 atom stereocenters. The van der Waals surface area contributed by atoms with E-state index in [2.05, 4.69) is 15.2 Å². The quantitative estimate of drug-likeness (QED) is 0.736. The SMILES string of the molecule is Cc1ccc(-c2n[nH]cc2Sc2ccc(C(F)(F)F)cn2)cc1. The fourth-order valence-corrected chi connectivity index (χ4v) is 2.83. The molecule has 3 aromatic rings. The number of pyridine rings is 1. The first kappa shape index (κ1) is 15.6. The van der Waals surface area contributed by atoms with E-state index < -0.39 is 11.7 Å². The maximum atomic E-state index is 12.6. The van der Waals surface area contributed by atoms with Crippen molar-refractivity contribution in [3.05, 3.63) is 59.9 Å². The van der Waals surface area contributed by atoms with Gasteiger partial charge in [-0.2, -0.15) is 18.3 Å². The third-order valence-corrected chi connectivity index (χ3v) is 4.19. The van der Waals surface area contributed by atoms with Gasteiger partial charge in [0.25, 0.3) is 0 Å². The van der Waals surface area contributed by atoms with Crippen LogP contribution in [-0.2, 0) is 6.18 Å². The molecule has 2 heterocycles. The van der Waals surface area contributed by atoms with Crippen molar-refractivity contribution in [1.29, 1.82) is 0 Å². The minimum atomic E-state index is -4.38. The van der Waals surface area contributed by atoms with Crippen LogP contribution in [0.1, 0.15) is 11.1 Å². The summed E-state index contributed by atoms with van der Waals surface area (Å²) in [4.78, 5) is 4.68. The second kappa shape index (κ2) is 6.08. The second-order valence-electron chi connectivity index (χ2n) is 4.95. The molecule has 0 aliphatic heterocycles. The Kier molecular flexibility index (Phi) is 4.12. The Morgan fingerprint density at radius 2 is 1.78 bits per heavy atom. The number of benzene rings is 1. The fraction of sp³-hybridized carbons (Fsp3) is 0.125. The highest BCUT2D eigenvalue weighted by molar-refractivity contribution is 7.99. The van der Waals surface area contributed by atoms with Crippen LogP contribution in [0, 0.1) is 6.92 Å². The Morgan fingerprint density at radius 1 is 1.04 bits per heavy atom. The third-order valence-electron chi connectivity index (χ3n) is 3.21. The average Bonchev–Trinajstić information content (AvgIpc) is 2.96. The molecule has 0 amide bonds. The van der Waals surface area contributed by atoms with E-state index in [9.17, 15) is 13.2 Å². The number of nitrogens with one attached hydrogen (secondary N) is 1. The molecule has 1 N–H and O–H groups in total. The molecule has 0 bridgehead atoms. The summed E-state index contributed by atoms with van der Waals surface area (Å²) in [7, 11) is 0. The summed E-state index contributed by atoms with van der Waals surface area (Å²) in [5, 5.41) is 7.48. The molecule has 3 nitrogen and oxygen atoms in total. The highest BCUT2D eigenvalue weighted by atomic mass is 32.2. The van der Waals surface area contributed by atoms with Crippen LogP contribution < -0.4 is 0 Å². The number of aryl methyl sites for hydroxylation is 1. The first-order valence-corrected chi connectivity index (χ1v) is 7.57. The van der Waals surface area contributed by atoms with Gasteiger partial charge in [-0.25, -0.2) is 4.98 Å². The van der Waals surface area contributed by atoms with Crippen molar-refractivity contribution in [3.63, 3.8) is 0 Å². The van der Waals surface area contributed by atoms with Gasteiger partial charge < -0.3 is 0 Å². The lowest BCUT2D eigenvalue weighted by Crippen LogP contribution is -2.04. The first-order valence-electron chi connectivity index (χ1n) is 6.75. The standard InChI is InChI=1S/C16H12F3N3S/c1-10-2-4-11(5-3-10)15-13(9-21-22-15)23-14-7-6-12(8-20-14)16(17,18)19/h2-9H,1H3,(H,21,22). The van der Waals surface area contributed by atoms with E-state index in [0.29, 0.717) is 5.03 Å². The minimum Gasteiger partial charge on any atom is -0.284 e. The predicted octanol–water partition coefficient (Wildman–Crippen LogP) is 4.95. The molecular weight excluding hydrogens is 323 g/mol. The number of rotatable bonds is 3. The second-order valence-corrected chi connectivity index (χ2v) is 6.01. The molecule has 2 aromatic heterocycles. The molecule has 118 valence electrons. The van der Waals surface area contributed by atoms with Gasteiger partial charge in [0.15, 0.2) is 0 Å². The van der Waals surface area contributed by atoms with Crippen LogP contribution in [0.4, 0.5) is 13.2 Å². The number of aromatic amines is 1. The average molecular weight is 335 g/mol. The molecule has 0 spiro atoms. The molecular formula is C16H12F3N3S. The van der Waals surface area contributed by atoms with E-state index in [0.717, 1.165) is 34.0 Å². The summed E-state index contributed by atoms with van der Waals surface area (Å²) in [5.41, 5.74) is 2.07. The predicted molar refractivity (Wildman–Crippen MR) is 82.1 cm³/mol. The molecule has 0 saturated carbocycles. The molecule has 23 heavy (non-hydrogen) atoms. The molecule has 0 aliphatic carbocycles. The van der Waals surface area contributed by atoms with Crippen LogP contribution in [0.3, 0.4) is 0 Å². The van der Waals surface area contributed by atoms with E-state index in [1.54, 1.807) is 6.20 Å². The van der Waals surface area contributed by atoms with Crippen LogP contribution in [0.5, 0.6) is 0 Å². The monoisotopic (exact) mass is 335 g/mol. The zero-order chi connectivity index (χ0) is 16.4. The summed E-state index contributed by atoms with van der Waals surface area (Å²) in [6.07, 6.45) is -1.83. The summed E-state index contributed by atoms with van der Waals surface area (Å²) in [6.45, 7) is 2.00. The maximum Gasteiger partial charge on any atom is 0.417 e. The van der Waals surface area contributed by atoms with E-state index in [-0.39, 0.29) is 0 Å². The smallest absolute Gasteiger partial charge is 0.284 e. The minimum absolute atomic E-state index is 0.479. The zero-order valence-electron chi connectivity index (χ0n) is 12.1. The Hall–Kier alpha value is -2.28. The number of halogens is 3. The number of hydrogen-bond acceptors (Lipinski definition) is 3. The van der Waals surface area contributed by atoms with Gasteiger partial charge in [0, 0.05) is 18.0 Å². The highest BCUT2D eigenvalue weighted by Crippen LogP contribution is 2.35. The fourth-order valence-electron chi connectivity index (χ4n) is 2.00. The largest absolute Gasteiger partial charge is 0.417 e. The van der Waals surface area contributed by atoms with E-state index >= 15 is 0 Å². The van der Waals surface area contributed by atoms with E-state index in [4.69, 9.17) is 0 Å². The highest BCUT2D eigenvalue weighted by Gasteiger charge is 2.30. The summed E-state index contributed by atoms with van der Waals surface area (Å²) in [6, 6.07) is 10.3. The Balaban J connectivity index is 1.84. The van der Waals surface area contributed by atoms with E-state index in [1.165, 1.54) is 17.8 Å². The van der Waals surface area contributed by atoms with Gasteiger partial charge in [-0.1, -0.05) is 41.6 Å². The maximum absolute atomic E-state index is 12.6. The van der Waals surface area contributed by atoms with Crippen molar-refractivity contribution < 1.29 is 13.2 Å². The van der Waals surface area contributed by atoms with Crippen LogP contribution in [-0.4, -0.2) is 15.2 Å². The van der Waals surface area contributed by atoms with Gasteiger partial charge in [-0.15, -0.1) is 0 Å². The normalized spacial score (nSPS) is 11.7. The van der Waals surface area contributed by atoms with Crippen LogP contribution in [0.15, 0.2) is 58.7 Å². The van der Waals surface area contributed by atoms with Crippen molar-refractivity contribution in [2.24, 2.45) is 0 Å². The number of nitrogens with zero attached hydrogens (tertiary/aromatic N) is 2. The lowest BCUT2D eigenvalue weighted by atomic mass is 10.1. The van der Waals surface area contributed by atoms with Crippen molar-refractivity contribution in [3.8, 4) is 11.3 Å². The number of hydrogen-bond donors (Lipinski definition) is 1. The lowest BCUT2D eigenvalue weighted by Gasteiger charge is -2.07. The topological polar surface area (TPSA) is 41.6 Å². The molecule has 0 unspecified atom stereocenters. The van der Waals surface area contributed by atoms with Crippen molar-refractivity contribution in [1.82, 2.24) is 15.2 Å². The van der Waals surface area contributed by atoms with Crippen LogP contribution in [0.2, 0.25) is 0 Å². The number of H-pyrrole nitrogens is 1. The molecule has 1 aromatic carbocycles. The Bertz CT molecular complexity index is 793. The van der Waals surface area contributed by atoms with Gasteiger partial charge in [0.1, 0.15) is 10.7 Å². The number of alkyl halides is 3. The van der Waals surface area contributed by atoms with Gasteiger partial charge in [0.2, 0.25) is 0 Å². The molecule has 0 aliphatic rings. The van der Waals surface area contributed by atoms with Gasteiger partial charge >= 0.3 is 6.18 Å². The summed E-state index contributed by atoms with van der Waals surface area (Å²) >= 11 is 1.27. The summed E-state index contributed by atoms with van der Waals surface area (Å²) in [5.74, 6) is 0. The Morgan fingerprint density at radius 3 is 2.39 bits per heavy atom. The van der Waals surface area contributed by atoms with Crippen LogP contribution in [0.25, 0.3) is 11.3 Å². The van der Waals surface area contributed by atoms with Crippen LogP contribution >= 0.6 is 11.8 Å².